The van der Waals surface area contributed by atoms with Gasteiger partial charge in [0.05, 0.1) is 17.2 Å². The van der Waals surface area contributed by atoms with Crippen LogP contribution in [-0.4, -0.2) is 9.97 Å². The molecule has 0 saturated heterocycles. The van der Waals surface area contributed by atoms with Crippen molar-refractivity contribution in [1.82, 2.24) is 9.97 Å². The molecule has 7 heteroatoms. The molecule has 0 radical (unpaired) electrons. The molecule has 0 spiro atoms. The van der Waals surface area contributed by atoms with Crippen molar-refractivity contribution >= 4 is 33.8 Å². The number of nitrogen functional groups attached to an aromatic ring is 1. The van der Waals surface area contributed by atoms with Crippen LogP contribution in [0.4, 0.5) is 5.82 Å². The highest BCUT2D eigenvalue weighted by Crippen LogP contribution is 2.16. The number of anilines is 1. The Hall–Kier alpha value is -1.47. The smallest absolute Gasteiger partial charge is 0.189 e. The van der Waals surface area contributed by atoms with Gasteiger partial charge >= 0.3 is 0 Å². The molecule has 5 nitrogen and oxygen atoms in total. The highest BCUT2D eigenvalue weighted by atomic mass is 79.9. The van der Waals surface area contributed by atoms with E-state index in [2.05, 4.69) is 21.5 Å². The molecule has 0 aliphatic rings. The summed E-state index contributed by atoms with van der Waals surface area (Å²) >= 11 is 0. The molecule has 0 atom stereocenters. The van der Waals surface area contributed by atoms with Gasteiger partial charge in [0.2, 0.25) is 0 Å². The predicted octanol–water partition coefficient (Wildman–Crippen LogP) is -0.406. The summed E-state index contributed by atoms with van der Waals surface area (Å²) in [6.45, 7) is 4.73. The van der Waals surface area contributed by atoms with Crippen LogP contribution in [0, 0.1) is 6.92 Å². The van der Waals surface area contributed by atoms with E-state index in [9.17, 15) is 0 Å². The first kappa shape index (κ1) is 18.6. The second-order valence-corrected chi connectivity index (χ2v) is 4.78. The van der Waals surface area contributed by atoms with Crippen LogP contribution >= 0.6 is 17.0 Å². The first-order chi connectivity index (χ1) is 9.69. The molecule has 2 N–H and O–H groups in total. The molecular formula is C15H18Br2N4O. The number of pyridine rings is 1. The van der Waals surface area contributed by atoms with Gasteiger partial charge in [0.1, 0.15) is 17.2 Å². The third kappa shape index (κ3) is 3.47. The van der Waals surface area contributed by atoms with E-state index in [0.717, 1.165) is 34.5 Å². The number of aromatic nitrogens is 3. The lowest BCUT2D eigenvalue weighted by atomic mass is 10.2. The summed E-state index contributed by atoms with van der Waals surface area (Å²) in [7, 11) is 0. The summed E-state index contributed by atoms with van der Waals surface area (Å²) in [5, 5.41) is 1.11. The van der Waals surface area contributed by atoms with E-state index in [1.807, 2.05) is 31.5 Å². The van der Waals surface area contributed by atoms with E-state index < -0.39 is 0 Å². The van der Waals surface area contributed by atoms with E-state index in [1.54, 1.807) is 6.26 Å². The SMILES string of the molecule is Br.CCc1ncc(C[n+]2ccc3occc3c2C)c(N)n1.[Br-]. The van der Waals surface area contributed by atoms with E-state index in [1.165, 1.54) is 0 Å². The number of hydrogen-bond acceptors (Lipinski definition) is 4. The van der Waals surface area contributed by atoms with Crippen molar-refractivity contribution in [3.8, 4) is 0 Å². The molecule has 22 heavy (non-hydrogen) atoms. The number of rotatable bonds is 3. The summed E-state index contributed by atoms with van der Waals surface area (Å²) in [6.07, 6.45) is 6.30. The Morgan fingerprint density at radius 2 is 2.09 bits per heavy atom. The first-order valence-corrected chi connectivity index (χ1v) is 6.65. The van der Waals surface area contributed by atoms with E-state index in [4.69, 9.17) is 10.2 Å². The van der Waals surface area contributed by atoms with Crippen LogP contribution in [0.1, 0.15) is 24.0 Å². The molecule has 0 amide bonds. The fraction of sp³-hybridized carbons (Fsp3) is 0.267. The van der Waals surface area contributed by atoms with Gasteiger partial charge in [-0.1, -0.05) is 6.92 Å². The molecule has 0 fully saturated rings. The van der Waals surface area contributed by atoms with Crippen LogP contribution < -0.4 is 27.3 Å². The number of nitrogens with two attached hydrogens (primary N) is 1. The van der Waals surface area contributed by atoms with Crippen molar-refractivity contribution in [2.45, 2.75) is 26.8 Å². The maximum Gasteiger partial charge on any atom is 0.189 e. The minimum absolute atomic E-state index is 0. The minimum Gasteiger partial charge on any atom is -1.00 e. The van der Waals surface area contributed by atoms with Crippen LogP contribution in [0.25, 0.3) is 11.0 Å². The molecule has 3 heterocycles. The van der Waals surface area contributed by atoms with Crippen molar-refractivity contribution in [3.05, 3.63) is 47.9 Å². The fourth-order valence-corrected chi connectivity index (χ4v) is 2.28. The molecule has 0 bridgehead atoms. The first-order valence-electron chi connectivity index (χ1n) is 6.65. The predicted molar refractivity (Wildman–Crippen MR) is 86.4 cm³/mol. The number of halogens is 2. The van der Waals surface area contributed by atoms with Gasteiger partial charge in [0.25, 0.3) is 0 Å². The van der Waals surface area contributed by atoms with Gasteiger partial charge in [-0.05, 0) is 6.07 Å². The van der Waals surface area contributed by atoms with Crippen LogP contribution in [0.2, 0.25) is 0 Å². The Morgan fingerprint density at radius 3 is 2.77 bits per heavy atom. The van der Waals surface area contributed by atoms with Crippen LogP contribution in [0.5, 0.6) is 0 Å². The van der Waals surface area contributed by atoms with Gasteiger partial charge in [0.15, 0.2) is 18.4 Å². The minimum atomic E-state index is 0. The summed E-state index contributed by atoms with van der Waals surface area (Å²) in [6, 6.07) is 3.93. The number of hydrogen-bond donors (Lipinski definition) is 1. The Morgan fingerprint density at radius 1 is 1.32 bits per heavy atom. The molecule has 0 saturated carbocycles. The third-order valence-corrected chi connectivity index (χ3v) is 3.53. The average molecular weight is 430 g/mol. The molecule has 0 aliphatic heterocycles. The van der Waals surface area contributed by atoms with Gasteiger partial charge in [-0.2, -0.15) is 4.57 Å². The number of nitrogens with zero attached hydrogens (tertiary/aromatic N) is 3. The quantitative estimate of drug-likeness (QED) is 0.575. The Labute approximate surface area is 150 Å². The monoisotopic (exact) mass is 428 g/mol. The molecule has 3 aromatic heterocycles. The number of fused-ring (bicyclic) bond motifs is 1. The third-order valence-electron chi connectivity index (χ3n) is 3.53. The van der Waals surface area contributed by atoms with Gasteiger partial charge in [-0.15, -0.1) is 17.0 Å². The van der Waals surface area contributed by atoms with Crippen LogP contribution in [0.15, 0.2) is 35.2 Å². The van der Waals surface area contributed by atoms with Gasteiger partial charge in [0, 0.05) is 25.6 Å². The standard InChI is InChI=1S/C15H17N4O.2BrH/c1-3-14-17-8-11(15(16)18-14)9-19-6-4-13-12(10(19)2)5-7-20-13;;/h4-8H,3,9H2,1-2H3,(H2,16,17,18);2*1H/q+1;;/p-1. The zero-order chi connectivity index (χ0) is 14.1. The molecule has 0 aromatic carbocycles. The second-order valence-electron chi connectivity index (χ2n) is 4.78. The lowest BCUT2D eigenvalue weighted by Gasteiger charge is -2.05. The molecule has 3 rings (SSSR count). The van der Waals surface area contributed by atoms with Gasteiger partial charge in [-0.3, -0.25) is 0 Å². The van der Waals surface area contributed by atoms with Crippen molar-refractivity contribution in [2.75, 3.05) is 5.73 Å². The molecule has 118 valence electrons. The molecular weight excluding hydrogens is 412 g/mol. The van der Waals surface area contributed by atoms with Crippen molar-refractivity contribution in [1.29, 1.82) is 0 Å². The zero-order valence-electron chi connectivity index (χ0n) is 12.4. The van der Waals surface area contributed by atoms with Crippen LogP contribution in [-0.2, 0) is 13.0 Å². The average Bonchev–Trinajstić information content (AvgIpc) is 2.93. The van der Waals surface area contributed by atoms with Crippen LogP contribution in [0.3, 0.4) is 0 Å². The largest absolute Gasteiger partial charge is 1.00 e. The number of aryl methyl sites for hydroxylation is 2. The highest BCUT2D eigenvalue weighted by Gasteiger charge is 2.15. The zero-order valence-corrected chi connectivity index (χ0v) is 15.7. The molecule has 3 aromatic rings. The highest BCUT2D eigenvalue weighted by molar-refractivity contribution is 8.93. The normalized spacial score (nSPS) is 10.1. The number of furan rings is 1. The lowest BCUT2D eigenvalue weighted by Crippen LogP contribution is -3.00. The topological polar surface area (TPSA) is 68.8 Å². The summed E-state index contributed by atoms with van der Waals surface area (Å²) in [4.78, 5) is 8.62. The Balaban J connectivity index is 0.00000121. The summed E-state index contributed by atoms with van der Waals surface area (Å²) < 4.78 is 7.52. The van der Waals surface area contributed by atoms with E-state index >= 15 is 0 Å². The Kier molecular flexibility index (Phi) is 6.49. The van der Waals surface area contributed by atoms with Gasteiger partial charge in [-0.25, -0.2) is 9.97 Å². The van der Waals surface area contributed by atoms with Gasteiger partial charge < -0.3 is 27.1 Å². The maximum absolute atomic E-state index is 6.00. The maximum atomic E-state index is 6.00. The summed E-state index contributed by atoms with van der Waals surface area (Å²) in [5.41, 5.74) is 8.96. The summed E-state index contributed by atoms with van der Waals surface area (Å²) in [5.74, 6) is 1.33. The molecule has 0 aliphatic carbocycles. The van der Waals surface area contributed by atoms with Crippen molar-refractivity contribution < 1.29 is 26.0 Å². The van der Waals surface area contributed by atoms with Crippen molar-refractivity contribution in [2.24, 2.45) is 0 Å². The Bertz CT molecular complexity index is 773. The van der Waals surface area contributed by atoms with E-state index in [-0.39, 0.29) is 34.0 Å². The van der Waals surface area contributed by atoms with Crippen molar-refractivity contribution in [3.63, 3.8) is 0 Å². The molecule has 0 unspecified atom stereocenters. The van der Waals surface area contributed by atoms with E-state index in [0.29, 0.717) is 12.4 Å². The lowest BCUT2D eigenvalue weighted by molar-refractivity contribution is -0.692. The fourth-order valence-electron chi connectivity index (χ4n) is 2.28. The second kappa shape index (κ2) is 7.69.